The highest BCUT2D eigenvalue weighted by molar-refractivity contribution is 5.67. The fourth-order valence-electron chi connectivity index (χ4n) is 5.14. The molecule has 0 radical (unpaired) electrons. The van der Waals surface area contributed by atoms with Gasteiger partial charge in [-0.15, -0.1) is 5.10 Å². The summed E-state index contributed by atoms with van der Waals surface area (Å²) in [5.41, 5.74) is 3.67. The van der Waals surface area contributed by atoms with E-state index in [1.807, 2.05) is 16.8 Å². The average molecular weight is 473 g/mol. The molecule has 6 nitrogen and oxygen atoms in total. The second kappa shape index (κ2) is 10.5. The van der Waals surface area contributed by atoms with E-state index in [-0.39, 0.29) is 5.56 Å². The highest BCUT2D eigenvalue weighted by atomic mass is 19.1. The molecule has 1 aromatic heterocycles. The fourth-order valence-corrected chi connectivity index (χ4v) is 5.14. The van der Waals surface area contributed by atoms with Crippen LogP contribution >= 0.6 is 0 Å². The lowest BCUT2D eigenvalue weighted by atomic mass is 9.89. The van der Waals surface area contributed by atoms with E-state index in [0.29, 0.717) is 11.5 Å². The summed E-state index contributed by atoms with van der Waals surface area (Å²) < 4.78 is 16.4. The van der Waals surface area contributed by atoms with E-state index in [1.165, 1.54) is 49.9 Å². The first-order valence-corrected chi connectivity index (χ1v) is 12.7. The standard InChI is InChI=1S/C28H33FN6/c1-33-13-15-34(16-14-33)24-9-11-25(12-10-24)35-27(22-7-8-23(19-30)26(29)17-22)18-28(32-35)31-20-21-5-3-2-4-6-21/h7-12,17-18,21H,2-6,13-16,20H2,1H3,(H,31,32). The van der Waals surface area contributed by atoms with Gasteiger partial charge in [-0.25, -0.2) is 9.07 Å². The lowest BCUT2D eigenvalue weighted by Crippen LogP contribution is -2.44. The Kier molecular flexibility index (Phi) is 7.01. The molecular formula is C28H33FN6. The van der Waals surface area contributed by atoms with Gasteiger partial charge in [-0.1, -0.05) is 25.3 Å². The molecule has 0 atom stereocenters. The quantitative estimate of drug-likeness (QED) is 0.528. The van der Waals surface area contributed by atoms with E-state index in [2.05, 4.69) is 46.4 Å². The van der Waals surface area contributed by atoms with Crippen LogP contribution in [0.4, 0.5) is 15.9 Å². The predicted octanol–water partition coefficient (Wildman–Crippen LogP) is 5.29. The average Bonchev–Trinajstić information content (AvgIpc) is 3.33. The number of piperazine rings is 1. The number of benzene rings is 2. The Morgan fingerprint density at radius 2 is 1.69 bits per heavy atom. The van der Waals surface area contributed by atoms with Crippen molar-refractivity contribution in [2.45, 2.75) is 32.1 Å². The van der Waals surface area contributed by atoms with Crippen molar-refractivity contribution in [1.29, 1.82) is 5.26 Å². The van der Waals surface area contributed by atoms with Crippen molar-refractivity contribution in [3.8, 4) is 23.0 Å². The lowest BCUT2D eigenvalue weighted by Gasteiger charge is -2.34. The van der Waals surface area contributed by atoms with Gasteiger partial charge in [-0.2, -0.15) is 5.26 Å². The molecule has 1 aliphatic carbocycles. The third kappa shape index (κ3) is 5.33. The maximum atomic E-state index is 14.5. The van der Waals surface area contributed by atoms with Crippen molar-refractivity contribution in [1.82, 2.24) is 14.7 Å². The van der Waals surface area contributed by atoms with E-state index in [9.17, 15) is 4.39 Å². The summed E-state index contributed by atoms with van der Waals surface area (Å²) >= 11 is 0. The number of likely N-dealkylation sites (N-methyl/N-ethyl adjacent to an activating group) is 1. The van der Waals surface area contributed by atoms with Gasteiger partial charge in [-0.05, 0) is 62.2 Å². The van der Waals surface area contributed by atoms with Gasteiger partial charge in [0.15, 0.2) is 0 Å². The number of nitrogens with zero attached hydrogens (tertiary/aromatic N) is 5. The van der Waals surface area contributed by atoms with E-state index in [4.69, 9.17) is 10.4 Å². The Labute approximate surface area is 207 Å². The first-order valence-electron chi connectivity index (χ1n) is 12.7. The van der Waals surface area contributed by atoms with E-state index < -0.39 is 5.82 Å². The van der Waals surface area contributed by atoms with Gasteiger partial charge in [0.2, 0.25) is 0 Å². The van der Waals surface area contributed by atoms with Crippen LogP contribution < -0.4 is 10.2 Å². The maximum Gasteiger partial charge on any atom is 0.149 e. The molecule has 2 heterocycles. The van der Waals surface area contributed by atoms with Gasteiger partial charge >= 0.3 is 0 Å². The number of anilines is 2. The summed E-state index contributed by atoms with van der Waals surface area (Å²) in [6.07, 6.45) is 6.46. The summed E-state index contributed by atoms with van der Waals surface area (Å²) in [4.78, 5) is 4.75. The lowest BCUT2D eigenvalue weighted by molar-refractivity contribution is 0.313. The van der Waals surface area contributed by atoms with E-state index in [0.717, 1.165) is 49.9 Å². The normalized spacial score (nSPS) is 17.3. The largest absolute Gasteiger partial charge is 0.369 e. The molecule has 0 unspecified atom stereocenters. The molecule has 0 spiro atoms. The Bertz CT molecular complexity index is 1180. The zero-order valence-electron chi connectivity index (χ0n) is 20.4. The minimum absolute atomic E-state index is 0.0481. The number of hydrogen-bond donors (Lipinski definition) is 1. The van der Waals surface area contributed by atoms with Crippen LogP contribution in [0.2, 0.25) is 0 Å². The van der Waals surface area contributed by atoms with E-state index in [1.54, 1.807) is 6.07 Å². The Hall–Kier alpha value is -3.37. The molecule has 1 saturated carbocycles. The second-order valence-corrected chi connectivity index (χ2v) is 9.82. The molecular weight excluding hydrogens is 439 g/mol. The summed E-state index contributed by atoms with van der Waals surface area (Å²) in [7, 11) is 2.16. The Balaban J connectivity index is 1.43. The van der Waals surface area contributed by atoms with Crippen LogP contribution in [0.1, 0.15) is 37.7 Å². The molecule has 7 heteroatoms. The first kappa shape index (κ1) is 23.4. The molecule has 182 valence electrons. The smallest absolute Gasteiger partial charge is 0.149 e. The van der Waals surface area contributed by atoms with Crippen LogP contribution in [-0.4, -0.2) is 54.5 Å². The summed E-state index contributed by atoms with van der Waals surface area (Å²) in [5.74, 6) is 0.950. The molecule has 1 saturated heterocycles. The Morgan fingerprint density at radius 3 is 2.37 bits per heavy atom. The molecule has 2 fully saturated rings. The third-order valence-electron chi connectivity index (χ3n) is 7.35. The van der Waals surface area contributed by atoms with Crippen molar-refractivity contribution in [2.24, 2.45) is 5.92 Å². The topological polar surface area (TPSA) is 60.1 Å². The minimum atomic E-state index is -0.514. The predicted molar refractivity (Wildman–Crippen MR) is 138 cm³/mol. The van der Waals surface area contributed by atoms with Crippen LogP contribution in [0, 0.1) is 23.1 Å². The van der Waals surface area contributed by atoms with Crippen LogP contribution in [0.15, 0.2) is 48.5 Å². The number of rotatable bonds is 6. The van der Waals surface area contributed by atoms with Crippen LogP contribution in [0.5, 0.6) is 0 Å². The van der Waals surface area contributed by atoms with Gasteiger partial charge in [-0.3, -0.25) is 0 Å². The molecule has 35 heavy (non-hydrogen) atoms. The molecule has 1 N–H and O–H groups in total. The zero-order valence-corrected chi connectivity index (χ0v) is 20.4. The zero-order chi connectivity index (χ0) is 24.2. The highest BCUT2D eigenvalue weighted by Crippen LogP contribution is 2.30. The van der Waals surface area contributed by atoms with Crippen molar-refractivity contribution in [2.75, 3.05) is 50.0 Å². The van der Waals surface area contributed by atoms with Crippen LogP contribution in [0.3, 0.4) is 0 Å². The second-order valence-electron chi connectivity index (χ2n) is 9.82. The molecule has 2 aromatic carbocycles. The third-order valence-corrected chi connectivity index (χ3v) is 7.35. The fraction of sp³-hybridized carbons (Fsp3) is 0.429. The van der Waals surface area contributed by atoms with Crippen molar-refractivity contribution >= 4 is 11.5 Å². The van der Waals surface area contributed by atoms with Gasteiger partial charge < -0.3 is 15.1 Å². The molecule has 1 aliphatic heterocycles. The van der Waals surface area contributed by atoms with Gasteiger partial charge in [0.1, 0.15) is 17.7 Å². The Morgan fingerprint density at radius 1 is 0.971 bits per heavy atom. The van der Waals surface area contributed by atoms with Crippen LogP contribution in [0.25, 0.3) is 16.9 Å². The number of aromatic nitrogens is 2. The number of halogens is 1. The summed E-state index contributed by atoms with van der Waals surface area (Å²) in [6, 6.07) is 17.1. The van der Waals surface area contributed by atoms with Crippen molar-refractivity contribution in [3.63, 3.8) is 0 Å². The van der Waals surface area contributed by atoms with Gasteiger partial charge in [0.25, 0.3) is 0 Å². The van der Waals surface area contributed by atoms with Crippen molar-refractivity contribution in [3.05, 3.63) is 59.9 Å². The van der Waals surface area contributed by atoms with Gasteiger partial charge in [0, 0.05) is 50.0 Å². The number of nitrogens with one attached hydrogen (secondary N) is 1. The van der Waals surface area contributed by atoms with E-state index >= 15 is 0 Å². The number of nitriles is 1. The number of hydrogen-bond acceptors (Lipinski definition) is 5. The molecule has 0 bridgehead atoms. The monoisotopic (exact) mass is 472 g/mol. The SMILES string of the molecule is CN1CCN(c2ccc(-n3nc(NCC4CCCCC4)cc3-c3ccc(C#N)c(F)c3)cc2)CC1. The molecule has 5 rings (SSSR count). The highest BCUT2D eigenvalue weighted by Gasteiger charge is 2.18. The van der Waals surface area contributed by atoms with Crippen LogP contribution in [-0.2, 0) is 0 Å². The molecule has 0 amide bonds. The molecule has 3 aromatic rings. The maximum absolute atomic E-state index is 14.5. The minimum Gasteiger partial charge on any atom is -0.369 e. The van der Waals surface area contributed by atoms with Gasteiger partial charge in [0.05, 0.1) is 16.9 Å². The first-order chi connectivity index (χ1) is 17.1. The molecule has 2 aliphatic rings. The summed E-state index contributed by atoms with van der Waals surface area (Å²) in [6.45, 7) is 5.06. The summed E-state index contributed by atoms with van der Waals surface area (Å²) in [5, 5.41) is 17.5. The van der Waals surface area contributed by atoms with Crippen molar-refractivity contribution < 1.29 is 4.39 Å².